The molecule has 0 atom stereocenters. The molecule has 0 radical (unpaired) electrons. The smallest absolute Gasteiger partial charge is 0.266 e. The Balaban J connectivity index is 2.21. The number of para-hydroxylation sites is 1. The number of nitriles is 1. The summed E-state index contributed by atoms with van der Waals surface area (Å²) >= 11 is 2.10. The van der Waals surface area contributed by atoms with Crippen LogP contribution in [0.2, 0.25) is 0 Å². The largest absolute Gasteiger partial charge is 0.488 e. The molecule has 2 aromatic rings. The van der Waals surface area contributed by atoms with Crippen LogP contribution in [0.4, 0.5) is 10.1 Å². The lowest BCUT2D eigenvalue weighted by Crippen LogP contribution is -2.14. The molecule has 0 saturated carbocycles. The number of amides is 1. The Morgan fingerprint density at radius 2 is 2.12 bits per heavy atom. The molecule has 0 bridgehead atoms. The highest BCUT2D eigenvalue weighted by atomic mass is 127. The summed E-state index contributed by atoms with van der Waals surface area (Å²) in [6, 6.07) is 12.9. The van der Waals surface area contributed by atoms with E-state index in [1.165, 1.54) is 24.3 Å². The van der Waals surface area contributed by atoms with Crippen LogP contribution in [0.5, 0.6) is 5.75 Å². The first-order chi connectivity index (χ1) is 12.0. The van der Waals surface area contributed by atoms with Crippen LogP contribution in [0.3, 0.4) is 0 Å². The average molecular weight is 448 g/mol. The second-order valence-corrected chi connectivity index (χ2v) is 6.06. The quantitative estimate of drug-likeness (QED) is 0.306. The van der Waals surface area contributed by atoms with E-state index in [9.17, 15) is 14.4 Å². The SMILES string of the molecule is C=CCOc1ccc(/C=C(/C#N)C(=O)Nc2ccccc2F)cc1I. The lowest BCUT2D eigenvalue weighted by molar-refractivity contribution is -0.112. The fourth-order valence-corrected chi connectivity index (χ4v) is 2.64. The number of rotatable bonds is 6. The second kappa shape index (κ2) is 8.99. The zero-order valence-corrected chi connectivity index (χ0v) is 15.3. The third-order valence-corrected chi connectivity index (χ3v) is 3.95. The molecule has 0 aliphatic carbocycles. The summed E-state index contributed by atoms with van der Waals surface area (Å²) in [4.78, 5) is 12.2. The van der Waals surface area contributed by atoms with E-state index >= 15 is 0 Å². The first-order valence-corrected chi connectivity index (χ1v) is 8.34. The number of nitrogens with zero attached hydrogens (tertiary/aromatic N) is 1. The number of halogens is 2. The number of ether oxygens (including phenoxy) is 1. The lowest BCUT2D eigenvalue weighted by atomic mass is 10.1. The minimum Gasteiger partial charge on any atom is -0.488 e. The maximum atomic E-state index is 13.6. The molecule has 126 valence electrons. The van der Waals surface area contributed by atoms with Crippen LogP contribution < -0.4 is 10.1 Å². The molecule has 0 saturated heterocycles. The van der Waals surface area contributed by atoms with E-state index in [2.05, 4.69) is 34.5 Å². The molecule has 4 nitrogen and oxygen atoms in total. The van der Waals surface area contributed by atoms with Crippen molar-refractivity contribution in [2.45, 2.75) is 0 Å². The fourth-order valence-electron chi connectivity index (χ4n) is 1.94. The number of nitrogens with one attached hydrogen (secondary N) is 1. The normalized spacial score (nSPS) is 10.7. The van der Waals surface area contributed by atoms with Gasteiger partial charge in [0.1, 0.15) is 29.8 Å². The molecule has 2 aromatic carbocycles. The maximum Gasteiger partial charge on any atom is 0.266 e. The highest BCUT2D eigenvalue weighted by molar-refractivity contribution is 14.1. The van der Waals surface area contributed by atoms with Gasteiger partial charge in [-0.25, -0.2) is 4.39 Å². The van der Waals surface area contributed by atoms with Gasteiger partial charge in [0.2, 0.25) is 0 Å². The minimum absolute atomic E-state index is 0.0244. The van der Waals surface area contributed by atoms with Gasteiger partial charge in [-0.15, -0.1) is 0 Å². The van der Waals surface area contributed by atoms with Crippen molar-refractivity contribution < 1.29 is 13.9 Å². The Morgan fingerprint density at radius 3 is 2.76 bits per heavy atom. The van der Waals surface area contributed by atoms with Crippen LogP contribution in [0.25, 0.3) is 6.08 Å². The molecule has 0 spiro atoms. The molecule has 25 heavy (non-hydrogen) atoms. The molecule has 2 rings (SSSR count). The van der Waals surface area contributed by atoms with Crippen molar-refractivity contribution in [1.82, 2.24) is 0 Å². The van der Waals surface area contributed by atoms with Crippen molar-refractivity contribution in [2.24, 2.45) is 0 Å². The van der Waals surface area contributed by atoms with Crippen LogP contribution >= 0.6 is 22.6 Å². The number of benzene rings is 2. The van der Waals surface area contributed by atoms with Crippen molar-refractivity contribution in [3.05, 3.63) is 75.6 Å². The number of hydrogen-bond acceptors (Lipinski definition) is 3. The molecule has 1 N–H and O–H groups in total. The van der Waals surface area contributed by atoms with E-state index in [1.54, 1.807) is 30.3 Å². The third kappa shape index (κ3) is 5.16. The van der Waals surface area contributed by atoms with Crippen LogP contribution in [-0.4, -0.2) is 12.5 Å². The number of anilines is 1. The topological polar surface area (TPSA) is 62.1 Å². The summed E-state index contributed by atoms with van der Waals surface area (Å²) in [5, 5.41) is 11.6. The molecule has 0 fully saturated rings. The molecule has 0 aromatic heterocycles. The minimum atomic E-state index is -0.672. The molecule has 1 amide bonds. The van der Waals surface area contributed by atoms with Gasteiger partial charge in [-0.1, -0.05) is 30.9 Å². The van der Waals surface area contributed by atoms with Crippen molar-refractivity contribution in [3.63, 3.8) is 0 Å². The van der Waals surface area contributed by atoms with E-state index in [1.807, 2.05) is 6.07 Å². The Hall–Kier alpha value is -2.66. The van der Waals surface area contributed by atoms with Crippen LogP contribution in [-0.2, 0) is 4.79 Å². The van der Waals surface area contributed by atoms with Crippen LogP contribution in [0.1, 0.15) is 5.56 Å². The van der Waals surface area contributed by atoms with Gasteiger partial charge in [0.05, 0.1) is 9.26 Å². The van der Waals surface area contributed by atoms with Gasteiger partial charge in [0, 0.05) is 0 Å². The fraction of sp³-hybridized carbons (Fsp3) is 0.0526. The molecule has 6 heteroatoms. The Morgan fingerprint density at radius 1 is 1.36 bits per heavy atom. The third-order valence-electron chi connectivity index (χ3n) is 3.11. The molecular formula is C19H14FIN2O2. The predicted octanol–water partition coefficient (Wildman–Crippen LogP) is 4.54. The summed E-state index contributed by atoms with van der Waals surface area (Å²) in [5.74, 6) is -0.548. The van der Waals surface area contributed by atoms with Crippen molar-refractivity contribution in [2.75, 3.05) is 11.9 Å². The molecule has 0 aliphatic heterocycles. The van der Waals surface area contributed by atoms with Gasteiger partial charge in [-0.2, -0.15) is 5.26 Å². The van der Waals surface area contributed by atoms with Gasteiger partial charge < -0.3 is 10.1 Å². The van der Waals surface area contributed by atoms with E-state index in [0.29, 0.717) is 17.9 Å². The summed E-state index contributed by atoms with van der Waals surface area (Å²) in [7, 11) is 0. The van der Waals surface area contributed by atoms with Gasteiger partial charge in [-0.05, 0) is 58.5 Å². The van der Waals surface area contributed by atoms with Gasteiger partial charge in [-0.3, -0.25) is 4.79 Å². The van der Waals surface area contributed by atoms with Crippen LogP contribution in [0.15, 0.2) is 60.7 Å². The monoisotopic (exact) mass is 448 g/mol. The van der Waals surface area contributed by atoms with Crippen molar-refractivity contribution in [1.29, 1.82) is 5.26 Å². The number of carbonyl (C=O) groups is 1. The Bertz CT molecular complexity index is 872. The molecule has 0 heterocycles. The highest BCUT2D eigenvalue weighted by Gasteiger charge is 2.12. The van der Waals surface area contributed by atoms with Crippen molar-refractivity contribution >= 4 is 40.3 Å². The van der Waals surface area contributed by atoms with Gasteiger partial charge >= 0.3 is 0 Å². The van der Waals surface area contributed by atoms with E-state index in [-0.39, 0.29) is 11.3 Å². The van der Waals surface area contributed by atoms with E-state index in [4.69, 9.17) is 4.74 Å². The molecule has 0 unspecified atom stereocenters. The second-order valence-electron chi connectivity index (χ2n) is 4.89. The van der Waals surface area contributed by atoms with E-state index < -0.39 is 11.7 Å². The number of hydrogen-bond donors (Lipinski definition) is 1. The first-order valence-electron chi connectivity index (χ1n) is 7.26. The summed E-state index contributed by atoms with van der Waals surface area (Å²) in [6.07, 6.45) is 3.08. The standard InChI is InChI=1S/C19H14FIN2O2/c1-2-9-25-18-8-7-13(11-16(18)21)10-14(12-22)19(24)23-17-6-4-3-5-15(17)20/h2-8,10-11H,1,9H2,(H,23,24)/b14-10-. The van der Waals surface area contributed by atoms with Crippen molar-refractivity contribution in [3.8, 4) is 11.8 Å². The summed E-state index contributed by atoms with van der Waals surface area (Å²) in [5.41, 5.74) is 0.561. The summed E-state index contributed by atoms with van der Waals surface area (Å²) < 4.78 is 19.9. The van der Waals surface area contributed by atoms with E-state index in [0.717, 1.165) is 3.57 Å². The highest BCUT2D eigenvalue weighted by Crippen LogP contribution is 2.23. The summed E-state index contributed by atoms with van der Waals surface area (Å²) in [6.45, 7) is 3.98. The number of carbonyl (C=O) groups excluding carboxylic acids is 1. The Labute approximate surface area is 158 Å². The molecular weight excluding hydrogens is 434 g/mol. The van der Waals surface area contributed by atoms with Gasteiger partial charge in [0.15, 0.2) is 0 Å². The van der Waals surface area contributed by atoms with Gasteiger partial charge in [0.25, 0.3) is 5.91 Å². The zero-order valence-electron chi connectivity index (χ0n) is 13.1. The maximum absolute atomic E-state index is 13.6. The predicted molar refractivity (Wildman–Crippen MR) is 103 cm³/mol. The zero-order chi connectivity index (χ0) is 18.2. The average Bonchev–Trinajstić information content (AvgIpc) is 2.60. The molecule has 0 aliphatic rings. The lowest BCUT2D eigenvalue weighted by Gasteiger charge is -2.07. The first kappa shape index (κ1) is 18.7. The Kier molecular flexibility index (Phi) is 6.71. The van der Waals surface area contributed by atoms with Crippen LogP contribution in [0, 0.1) is 20.7 Å².